The van der Waals surface area contributed by atoms with Gasteiger partial charge in [0.2, 0.25) is 5.82 Å². The summed E-state index contributed by atoms with van der Waals surface area (Å²) < 4.78 is 1.77. The van der Waals surface area contributed by atoms with Crippen LogP contribution in [0.15, 0.2) is 0 Å². The fourth-order valence-electron chi connectivity index (χ4n) is 3.04. The lowest BCUT2D eigenvalue weighted by Gasteiger charge is -2.40. The van der Waals surface area contributed by atoms with Gasteiger partial charge in [-0.1, -0.05) is 13.8 Å². The van der Waals surface area contributed by atoms with Crippen LogP contribution in [-0.4, -0.2) is 39.9 Å². The molecule has 1 saturated heterocycles. The van der Waals surface area contributed by atoms with Gasteiger partial charge in [-0.3, -0.25) is 10.1 Å². The molecule has 2 heterocycles. The van der Waals surface area contributed by atoms with E-state index in [-0.39, 0.29) is 16.7 Å². The molecule has 0 aromatic carbocycles. The number of aryl methyl sites for hydroxylation is 2. The molecule has 21 heavy (non-hydrogen) atoms. The van der Waals surface area contributed by atoms with Crippen molar-refractivity contribution < 1.29 is 4.92 Å². The van der Waals surface area contributed by atoms with Crippen LogP contribution in [-0.2, 0) is 6.54 Å². The van der Waals surface area contributed by atoms with Crippen molar-refractivity contribution in [2.75, 3.05) is 18.0 Å². The van der Waals surface area contributed by atoms with Gasteiger partial charge in [0, 0.05) is 31.7 Å². The molecule has 2 rings (SSSR count). The summed E-state index contributed by atoms with van der Waals surface area (Å²) in [6.45, 7) is 10.2. The Morgan fingerprint density at radius 3 is 2.62 bits per heavy atom. The van der Waals surface area contributed by atoms with E-state index in [1.54, 1.807) is 11.6 Å². The lowest BCUT2D eigenvalue weighted by atomic mass is 10.0. The van der Waals surface area contributed by atoms with Crippen molar-refractivity contribution in [3.63, 3.8) is 0 Å². The molecule has 118 valence electrons. The zero-order valence-electron chi connectivity index (χ0n) is 13.3. The smallest absolute Gasteiger partial charge is 0.333 e. The van der Waals surface area contributed by atoms with E-state index in [9.17, 15) is 10.1 Å². The molecule has 2 unspecified atom stereocenters. The Hall–Kier alpha value is -1.63. The van der Waals surface area contributed by atoms with Gasteiger partial charge < -0.3 is 10.2 Å². The number of nitrogens with zero attached hydrogens (tertiary/aromatic N) is 4. The average molecular weight is 295 g/mol. The first kappa shape index (κ1) is 15.8. The largest absolute Gasteiger partial charge is 0.345 e. The fraction of sp³-hybridized carbons (Fsp3) is 0.786. The minimum absolute atomic E-state index is 0.159. The highest BCUT2D eigenvalue weighted by Gasteiger charge is 2.35. The van der Waals surface area contributed by atoms with E-state index in [0.717, 1.165) is 25.9 Å². The Morgan fingerprint density at radius 1 is 1.38 bits per heavy atom. The minimum Gasteiger partial charge on any atom is -0.345 e. The summed E-state index contributed by atoms with van der Waals surface area (Å²) in [6, 6.07) is 0.640. The third-order valence-corrected chi connectivity index (χ3v) is 4.29. The molecule has 1 fully saturated rings. The van der Waals surface area contributed by atoms with Gasteiger partial charge in [-0.25, -0.2) is 4.68 Å². The predicted molar refractivity (Wildman–Crippen MR) is 82.8 cm³/mol. The molecular formula is C14H25N5O2. The molecule has 1 aromatic heterocycles. The molecular weight excluding hydrogens is 270 g/mol. The molecule has 1 N–H and O–H groups in total. The van der Waals surface area contributed by atoms with Gasteiger partial charge in [0.15, 0.2) is 0 Å². The second-order valence-corrected chi connectivity index (χ2v) is 5.56. The molecule has 0 radical (unpaired) electrons. The van der Waals surface area contributed by atoms with Gasteiger partial charge >= 0.3 is 5.69 Å². The maximum absolute atomic E-state index is 11.5. The number of rotatable bonds is 5. The SMILES string of the molecule is CCC1CN(c2c([N+](=O)[O-])c(C)nn2CC)C(CC)CN1. The van der Waals surface area contributed by atoms with E-state index in [4.69, 9.17) is 0 Å². The topological polar surface area (TPSA) is 76.2 Å². The summed E-state index contributed by atoms with van der Waals surface area (Å²) in [7, 11) is 0. The van der Waals surface area contributed by atoms with Crippen molar-refractivity contribution in [3.05, 3.63) is 15.8 Å². The molecule has 1 aliphatic heterocycles. The first-order valence-corrected chi connectivity index (χ1v) is 7.75. The molecule has 7 heteroatoms. The summed E-state index contributed by atoms with van der Waals surface area (Å²) in [5, 5.41) is 19.3. The maximum Gasteiger partial charge on any atom is 0.333 e. The van der Waals surface area contributed by atoms with Gasteiger partial charge in [-0.15, -0.1) is 0 Å². The Kier molecular flexibility index (Phi) is 4.82. The van der Waals surface area contributed by atoms with Gasteiger partial charge in [-0.2, -0.15) is 5.10 Å². The van der Waals surface area contributed by atoms with Crippen LogP contribution in [0.4, 0.5) is 11.5 Å². The maximum atomic E-state index is 11.5. The Bertz CT molecular complexity index is 514. The molecule has 2 atom stereocenters. The number of piperazine rings is 1. The zero-order valence-corrected chi connectivity index (χ0v) is 13.3. The fourth-order valence-corrected chi connectivity index (χ4v) is 3.04. The average Bonchev–Trinajstić information content (AvgIpc) is 2.83. The van der Waals surface area contributed by atoms with Crippen molar-refractivity contribution in [2.24, 2.45) is 0 Å². The molecule has 1 aromatic rings. The highest BCUT2D eigenvalue weighted by Crippen LogP contribution is 2.34. The van der Waals surface area contributed by atoms with Crippen molar-refractivity contribution in [1.29, 1.82) is 0 Å². The number of anilines is 1. The summed E-state index contributed by atoms with van der Waals surface area (Å²) in [6.07, 6.45) is 1.97. The van der Waals surface area contributed by atoms with Gasteiger partial charge in [0.1, 0.15) is 5.69 Å². The lowest BCUT2D eigenvalue weighted by molar-refractivity contribution is -0.384. The highest BCUT2D eigenvalue weighted by molar-refractivity contribution is 5.62. The van der Waals surface area contributed by atoms with Crippen LogP contribution in [0.3, 0.4) is 0 Å². The molecule has 0 bridgehead atoms. The second kappa shape index (κ2) is 6.43. The van der Waals surface area contributed by atoms with Crippen LogP contribution in [0.25, 0.3) is 0 Å². The Balaban J connectivity index is 2.48. The van der Waals surface area contributed by atoms with E-state index < -0.39 is 0 Å². The number of hydrogen-bond acceptors (Lipinski definition) is 5. The summed E-state index contributed by atoms with van der Waals surface area (Å²) in [5.41, 5.74) is 0.658. The van der Waals surface area contributed by atoms with Crippen LogP contribution < -0.4 is 10.2 Å². The lowest BCUT2D eigenvalue weighted by Crippen LogP contribution is -2.56. The van der Waals surface area contributed by atoms with Crippen LogP contribution >= 0.6 is 0 Å². The van der Waals surface area contributed by atoms with E-state index in [2.05, 4.69) is 29.2 Å². The standard InChI is InChI=1S/C14H25N5O2/c1-5-11-9-17(12(6-2)8-15-11)14-13(19(20)21)10(4)16-18(14)7-3/h11-12,15H,5-9H2,1-4H3. The second-order valence-electron chi connectivity index (χ2n) is 5.56. The first-order valence-electron chi connectivity index (χ1n) is 7.75. The van der Waals surface area contributed by atoms with E-state index in [1.807, 2.05) is 6.92 Å². The molecule has 0 saturated carbocycles. The van der Waals surface area contributed by atoms with Crippen molar-refractivity contribution in [1.82, 2.24) is 15.1 Å². The van der Waals surface area contributed by atoms with Crippen LogP contribution in [0.1, 0.15) is 39.3 Å². The number of hydrogen-bond donors (Lipinski definition) is 1. The summed E-state index contributed by atoms with van der Waals surface area (Å²) >= 11 is 0. The van der Waals surface area contributed by atoms with Gasteiger partial charge in [0.25, 0.3) is 0 Å². The van der Waals surface area contributed by atoms with Gasteiger partial charge in [-0.05, 0) is 26.7 Å². The molecule has 7 nitrogen and oxygen atoms in total. The van der Waals surface area contributed by atoms with E-state index >= 15 is 0 Å². The number of aromatic nitrogens is 2. The number of nitro groups is 1. The van der Waals surface area contributed by atoms with Crippen LogP contribution in [0, 0.1) is 17.0 Å². The quantitative estimate of drug-likeness (QED) is 0.665. The Morgan fingerprint density at radius 2 is 2.10 bits per heavy atom. The van der Waals surface area contributed by atoms with Crippen molar-refractivity contribution in [2.45, 2.75) is 59.2 Å². The molecule has 1 aliphatic rings. The zero-order chi connectivity index (χ0) is 15.6. The summed E-state index contributed by atoms with van der Waals surface area (Å²) in [4.78, 5) is 13.4. The highest BCUT2D eigenvalue weighted by atomic mass is 16.6. The third-order valence-electron chi connectivity index (χ3n) is 4.29. The van der Waals surface area contributed by atoms with Gasteiger partial charge in [0.05, 0.1) is 4.92 Å². The number of nitrogens with one attached hydrogen (secondary N) is 1. The molecule has 0 aliphatic carbocycles. The van der Waals surface area contributed by atoms with Crippen molar-refractivity contribution in [3.8, 4) is 0 Å². The van der Waals surface area contributed by atoms with E-state index in [0.29, 0.717) is 24.1 Å². The normalized spacial score (nSPS) is 22.6. The first-order chi connectivity index (χ1) is 10.0. The van der Waals surface area contributed by atoms with E-state index in [1.165, 1.54) is 0 Å². The third kappa shape index (κ3) is 2.88. The molecule has 0 amide bonds. The Labute approximate surface area is 125 Å². The van der Waals surface area contributed by atoms with Crippen LogP contribution in [0.2, 0.25) is 0 Å². The summed E-state index contributed by atoms with van der Waals surface area (Å²) in [5.74, 6) is 0.673. The minimum atomic E-state index is -0.292. The monoisotopic (exact) mass is 295 g/mol. The van der Waals surface area contributed by atoms with Crippen molar-refractivity contribution >= 4 is 11.5 Å². The van der Waals surface area contributed by atoms with Crippen LogP contribution in [0.5, 0.6) is 0 Å². The predicted octanol–water partition coefficient (Wildman–Crippen LogP) is 2.09. The molecule has 0 spiro atoms.